The van der Waals surface area contributed by atoms with Crippen molar-refractivity contribution in [1.82, 2.24) is 4.98 Å². The van der Waals surface area contributed by atoms with Crippen molar-refractivity contribution in [1.29, 1.82) is 0 Å². The summed E-state index contributed by atoms with van der Waals surface area (Å²) in [6, 6.07) is 10.9. The molecule has 3 rings (SSSR count). The summed E-state index contributed by atoms with van der Waals surface area (Å²) in [4.78, 5) is 38.9. The number of nitro groups is 1. The quantitative estimate of drug-likeness (QED) is 0.509. The van der Waals surface area contributed by atoms with Gasteiger partial charge < -0.3 is 5.32 Å². The van der Waals surface area contributed by atoms with Crippen LogP contribution in [0.5, 0.6) is 0 Å². The molecule has 0 bridgehead atoms. The van der Waals surface area contributed by atoms with Gasteiger partial charge in [-0.05, 0) is 24.3 Å². The Hall–Kier alpha value is -3.33. The molecule has 138 valence electrons. The first kappa shape index (κ1) is 18.5. The number of anilines is 2. The van der Waals surface area contributed by atoms with E-state index >= 15 is 0 Å². The Morgan fingerprint density at radius 2 is 1.93 bits per heavy atom. The molecular weight excluding hydrogens is 368 g/mol. The fraction of sp³-hybridized carbons (Fsp3) is 0.167. The molecule has 2 N–H and O–H groups in total. The Balaban J connectivity index is 1.78. The monoisotopic (exact) mass is 384 g/mol. The van der Waals surface area contributed by atoms with E-state index in [1.165, 1.54) is 12.1 Å². The number of non-ortho nitro benzene ring substituents is 1. The maximum absolute atomic E-state index is 12.5. The van der Waals surface area contributed by atoms with Crippen LogP contribution in [0.15, 0.2) is 42.5 Å². The number of nitro benzene ring substituents is 1. The van der Waals surface area contributed by atoms with Gasteiger partial charge in [-0.15, -0.1) is 0 Å². The summed E-state index contributed by atoms with van der Waals surface area (Å²) in [5, 5.41) is 16.6. The van der Waals surface area contributed by atoms with Crippen LogP contribution in [0.2, 0.25) is 0 Å². The Morgan fingerprint density at radius 1 is 1.15 bits per heavy atom. The zero-order chi connectivity index (χ0) is 19.6. The average Bonchev–Trinajstić information content (AvgIpc) is 3.03. The average molecular weight is 384 g/mol. The van der Waals surface area contributed by atoms with Crippen molar-refractivity contribution in [2.75, 3.05) is 10.6 Å². The lowest BCUT2D eigenvalue weighted by molar-refractivity contribution is -0.384. The predicted molar refractivity (Wildman–Crippen MR) is 104 cm³/mol. The van der Waals surface area contributed by atoms with Crippen LogP contribution in [-0.4, -0.2) is 21.7 Å². The number of hydrogen-bond donors (Lipinski definition) is 2. The van der Waals surface area contributed by atoms with Gasteiger partial charge in [-0.1, -0.05) is 31.3 Å². The number of amides is 2. The maximum Gasteiger partial charge on any atom is 0.270 e. The minimum atomic E-state index is -0.478. The molecule has 0 saturated heterocycles. The third-order valence-electron chi connectivity index (χ3n) is 3.72. The lowest BCUT2D eigenvalue weighted by Gasteiger charge is -2.09. The van der Waals surface area contributed by atoms with Crippen molar-refractivity contribution in [3.63, 3.8) is 0 Å². The lowest BCUT2D eigenvalue weighted by Crippen LogP contribution is -2.18. The van der Waals surface area contributed by atoms with Crippen molar-refractivity contribution in [3.8, 4) is 0 Å². The SMILES string of the molecule is CC(C)C(=O)Nc1cccc(C(=O)Nc2nc3ccc([N+](=O)[O-])cc3s2)c1. The first-order valence-corrected chi connectivity index (χ1v) is 8.92. The van der Waals surface area contributed by atoms with E-state index in [-0.39, 0.29) is 23.4 Å². The second kappa shape index (κ2) is 7.50. The Kier molecular flexibility index (Phi) is 5.13. The third-order valence-corrected chi connectivity index (χ3v) is 4.65. The molecule has 8 nitrogen and oxygen atoms in total. The predicted octanol–water partition coefficient (Wildman–Crippen LogP) is 4.05. The normalized spacial score (nSPS) is 10.8. The molecule has 2 amide bonds. The molecule has 0 aliphatic rings. The van der Waals surface area contributed by atoms with Crippen LogP contribution >= 0.6 is 11.3 Å². The molecule has 2 aromatic carbocycles. The number of carbonyl (C=O) groups is 2. The molecule has 1 heterocycles. The lowest BCUT2D eigenvalue weighted by atomic mass is 10.1. The minimum Gasteiger partial charge on any atom is -0.326 e. The van der Waals surface area contributed by atoms with Crippen LogP contribution in [0.25, 0.3) is 10.2 Å². The van der Waals surface area contributed by atoms with Gasteiger partial charge in [0.2, 0.25) is 5.91 Å². The van der Waals surface area contributed by atoms with Crippen molar-refractivity contribution in [2.24, 2.45) is 5.92 Å². The number of aromatic nitrogens is 1. The van der Waals surface area contributed by atoms with Crippen molar-refractivity contribution in [2.45, 2.75) is 13.8 Å². The smallest absolute Gasteiger partial charge is 0.270 e. The van der Waals surface area contributed by atoms with Gasteiger partial charge in [0.05, 0.1) is 15.1 Å². The Bertz CT molecular complexity index is 1040. The highest BCUT2D eigenvalue weighted by molar-refractivity contribution is 7.22. The van der Waals surface area contributed by atoms with Gasteiger partial charge in [0.15, 0.2) is 5.13 Å². The van der Waals surface area contributed by atoms with E-state index in [0.29, 0.717) is 26.6 Å². The zero-order valence-corrected chi connectivity index (χ0v) is 15.4. The van der Waals surface area contributed by atoms with Gasteiger partial charge in [0.1, 0.15) is 0 Å². The van der Waals surface area contributed by atoms with E-state index < -0.39 is 4.92 Å². The largest absolute Gasteiger partial charge is 0.326 e. The minimum absolute atomic E-state index is 0.0300. The molecule has 9 heteroatoms. The van der Waals surface area contributed by atoms with Crippen molar-refractivity contribution < 1.29 is 14.5 Å². The number of hydrogen-bond acceptors (Lipinski definition) is 6. The van der Waals surface area contributed by atoms with E-state index in [0.717, 1.165) is 11.3 Å². The maximum atomic E-state index is 12.5. The molecule has 0 unspecified atom stereocenters. The Morgan fingerprint density at radius 3 is 2.63 bits per heavy atom. The molecule has 3 aromatic rings. The van der Waals surface area contributed by atoms with Crippen LogP contribution in [0.1, 0.15) is 24.2 Å². The van der Waals surface area contributed by atoms with Gasteiger partial charge in [0.25, 0.3) is 11.6 Å². The number of fused-ring (bicyclic) bond motifs is 1. The van der Waals surface area contributed by atoms with Crippen LogP contribution in [0, 0.1) is 16.0 Å². The van der Waals surface area contributed by atoms with E-state index in [2.05, 4.69) is 15.6 Å². The number of benzene rings is 2. The molecule has 0 spiro atoms. The Labute approximate surface area is 158 Å². The van der Waals surface area contributed by atoms with Crippen LogP contribution < -0.4 is 10.6 Å². The van der Waals surface area contributed by atoms with Crippen LogP contribution in [0.4, 0.5) is 16.5 Å². The van der Waals surface area contributed by atoms with E-state index in [9.17, 15) is 19.7 Å². The molecule has 1 aromatic heterocycles. The summed E-state index contributed by atoms with van der Waals surface area (Å²) in [7, 11) is 0. The number of carbonyl (C=O) groups excluding carboxylic acids is 2. The number of nitrogens with one attached hydrogen (secondary N) is 2. The molecule has 0 saturated carbocycles. The third kappa shape index (κ3) is 4.26. The highest BCUT2D eigenvalue weighted by Gasteiger charge is 2.14. The fourth-order valence-electron chi connectivity index (χ4n) is 2.27. The van der Waals surface area contributed by atoms with Crippen LogP contribution in [0.3, 0.4) is 0 Å². The fourth-order valence-corrected chi connectivity index (χ4v) is 3.17. The molecule has 0 radical (unpaired) electrons. The second-order valence-corrected chi connectivity index (χ2v) is 7.14. The molecule has 0 aliphatic carbocycles. The highest BCUT2D eigenvalue weighted by Crippen LogP contribution is 2.29. The first-order chi connectivity index (χ1) is 12.8. The molecule has 0 fully saturated rings. The molecule has 27 heavy (non-hydrogen) atoms. The van der Waals surface area contributed by atoms with Gasteiger partial charge in [-0.25, -0.2) is 4.98 Å². The van der Waals surface area contributed by atoms with Gasteiger partial charge >= 0.3 is 0 Å². The summed E-state index contributed by atoms with van der Waals surface area (Å²) < 4.78 is 0.609. The zero-order valence-electron chi connectivity index (χ0n) is 14.6. The van der Waals surface area contributed by atoms with Gasteiger partial charge in [0, 0.05) is 29.3 Å². The molecule has 0 atom stereocenters. The van der Waals surface area contributed by atoms with E-state index in [1.54, 1.807) is 44.2 Å². The summed E-state index contributed by atoms with van der Waals surface area (Å²) in [5.74, 6) is -0.696. The van der Waals surface area contributed by atoms with Crippen molar-refractivity contribution in [3.05, 3.63) is 58.1 Å². The first-order valence-electron chi connectivity index (χ1n) is 8.11. The van der Waals surface area contributed by atoms with Gasteiger partial charge in [-0.3, -0.25) is 25.0 Å². The number of thiazole rings is 1. The second-order valence-electron chi connectivity index (χ2n) is 6.11. The summed E-state index contributed by atoms with van der Waals surface area (Å²) >= 11 is 1.15. The van der Waals surface area contributed by atoms with E-state index in [1.807, 2.05) is 0 Å². The number of nitrogens with zero attached hydrogens (tertiary/aromatic N) is 2. The molecular formula is C18H16N4O4S. The number of rotatable bonds is 5. The van der Waals surface area contributed by atoms with Gasteiger partial charge in [-0.2, -0.15) is 0 Å². The topological polar surface area (TPSA) is 114 Å². The van der Waals surface area contributed by atoms with Crippen LogP contribution in [-0.2, 0) is 4.79 Å². The van der Waals surface area contributed by atoms with Crippen molar-refractivity contribution >= 4 is 49.9 Å². The van der Waals surface area contributed by atoms with E-state index in [4.69, 9.17) is 0 Å². The summed E-state index contributed by atoms with van der Waals surface area (Å²) in [6.07, 6.45) is 0. The standard InChI is InChI=1S/C18H16N4O4S/c1-10(2)16(23)19-12-5-3-4-11(8-12)17(24)21-18-20-14-7-6-13(22(25)26)9-15(14)27-18/h3-10H,1-2H3,(H,19,23)(H,20,21,24). The highest BCUT2D eigenvalue weighted by atomic mass is 32.1. The summed E-state index contributed by atoms with van der Waals surface area (Å²) in [5.41, 5.74) is 1.43. The molecule has 0 aliphatic heterocycles. The summed E-state index contributed by atoms with van der Waals surface area (Å²) in [6.45, 7) is 3.56.